The van der Waals surface area contributed by atoms with E-state index in [9.17, 15) is 43.5 Å². The zero-order chi connectivity index (χ0) is 76.6. The zero-order valence-electron chi connectivity index (χ0n) is 65.9. The Morgan fingerprint density at radius 1 is 0.276 bits per heavy atom. The maximum Gasteiger partial charge on any atom is 0.472 e. The van der Waals surface area contributed by atoms with Crippen molar-refractivity contribution >= 4 is 33.6 Å². The lowest BCUT2D eigenvalue weighted by Gasteiger charge is -2.21. The highest BCUT2D eigenvalue weighted by molar-refractivity contribution is 7.47. The molecular formula is C87H148O16P2. The Labute approximate surface area is 638 Å². The van der Waals surface area contributed by atoms with Crippen LogP contribution in [0.15, 0.2) is 146 Å². The van der Waals surface area contributed by atoms with E-state index in [4.69, 9.17) is 32.3 Å². The van der Waals surface area contributed by atoms with Gasteiger partial charge >= 0.3 is 33.6 Å². The summed E-state index contributed by atoms with van der Waals surface area (Å²) in [4.78, 5) is 58.7. The molecule has 4 N–H and O–H groups in total. The number of phosphoric acid groups is 2. The monoisotopic (exact) mass is 1510 g/mol. The molecule has 0 heterocycles. The molecule has 0 amide bonds. The number of aliphatic hydroxyl groups excluding tert-OH is 2. The summed E-state index contributed by atoms with van der Waals surface area (Å²) in [6, 6.07) is 0. The minimum absolute atomic E-state index is 0.0784. The SMILES string of the molecule is CC/C=C\C/C=C\C/C=C\C/C=C\C/C=C\CCCCCC(=O)OCC(COP(=O)(O)OCC(O)COP(=O)(O)OCC(O)COC(=O)CCCCCCCCCCCCCCCCC/C=C\C/C=C\C/C=C\C/C=C\CCCCC)OC(=O)CCCCCCCC/C=C\C/C=C\C/C=C\CCCCC. The van der Waals surface area contributed by atoms with Crippen molar-refractivity contribution in [2.45, 2.75) is 347 Å². The largest absolute Gasteiger partial charge is 0.472 e. The summed E-state index contributed by atoms with van der Waals surface area (Å²) in [5.74, 6) is -1.63. The van der Waals surface area contributed by atoms with Gasteiger partial charge in [-0.25, -0.2) is 9.13 Å². The number of carbonyl (C=O) groups is 3. The molecule has 0 bridgehead atoms. The lowest BCUT2D eigenvalue weighted by Crippen LogP contribution is -2.30. The molecule has 602 valence electrons. The van der Waals surface area contributed by atoms with Gasteiger partial charge in [-0.15, -0.1) is 0 Å². The molecule has 5 unspecified atom stereocenters. The molecule has 0 aliphatic heterocycles. The normalized spacial score (nSPS) is 14.7. The molecule has 105 heavy (non-hydrogen) atoms. The zero-order valence-corrected chi connectivity index (χ0v) is 67.6. The average Bonchev–Trinajstić information content (AvgIpc) is 0.915. The summed E-state index contributed by atoms with van der Waals surface area (Å²) in [6.45, 7) is 2.47. The first-order valence-corrected chi connectivity index (χ1v) is 44.1. The Balaban J connectivity index is 4.57. The number of phosphoric ester groups is 2. The molecule has 0 aromatic carbocycles. The summed E-state index contributed by atoms with van der Waals surface area (Å²) in [7, 11) is -9.81. The van der Waals surface area contributed by atoms with E-state index in [0.717, 1.165) is 148 Å². The van der Waals surface area contributed by atoms with Gasteiger partial charge in [0.1, 0.15) is 25.4 Å². The van der Waals surface area contributed by atoms with Crippen molar-refractivity contribution in [1.82, 2.24) is 0 Å². The summed E-state index contributed by atoms with van der Waals surface area (Å²) >= 11 is 0. The fraction of sp³-hybridized carbons (Fsp3) is 0.690. The van der Waals surface area contributed by atoms with Crippen LogP contribution in [0.25, 0.3) is 0 Å². The first kappa shape index (κ1) is 100. The minimum atomic E-state index is -4.95. The number of carbonyl (C=O) groups excluding carboxylic acids is 3. The van der Waals surface area contributed by atoms with Gasteiger partial charge < -0.3 is 34.2 Å². The Hall–Kier alpha value is -4.57. The van der Waals surface area contributed by atoms with Crippen LogP contribution in [0.3, 0.4) is 0 Å². The first-order valence-electron chi connectivity index (χ1n) is 41.1. The van der Waals surface area contributed by atoms with Gasteiger partial charge in [0.25, 0.3) is 0 Å². The first-order chi connectivity index (χ1) is 51.2. The van der Waals surface area contributed by atoms with Crippen molar-refractivity contribution in [3.63, 3.8) is 0 Å². The van der Waals surface area contributed by atoms with E-state index >= 15 is 0 Å². The predicted octanol–water partition coefficient (Wildman–Crippen LogP) is 24.4. The number of esters is 3. The second-order valence-corrected chi connectivity index (χ2v) is 30.1. The van der Waals surface area contributed by atoms with Crippen LogP contribution in [0.4, 0.5) is 0 Å². The fourth-order valence-corrected chi connectivity index (χ4v) is 12.4. The molecule has 0 fully saturated rings. The van der Waals surface area contributed by atoms with Gasteiger partial charge in [-0.2, -0.15) is 0 Å². The molecule has 0 aromatic heterocycles. The van der Waals surface area contributed by atoms with Crippen molar-refractivity contribution in [3.8, 4) is 0 Å². The molecule has 0 aromatic rings. The second-order valence-electron chi connectivity index (χ2n) is 27.2. The maximum absolute atomic E-state index is 13.0. The third-order valence-corrected chi connectivity index (χ3v) is 18.9. The Morgan fingerprint density at radius 3 is 0.810 bits per heavy atom. The van der Waals surface area contributed by atoms with Crippen molar-refractivity contribution in [1.29, 1.82) is 0 Å². The average molecular weight is 1510 g/mol. The summed E-state index contributed by atoms with van der Waals surface area (Å²) < 4.78 is 61.2. The molecular weight excluding hydrogens is 1360 g/mol. The standard InChI is InChI=1S/C87H148O16P2/c1-4-7-10-13-16-19-22-25-28-31-34-35-36-37-38-39-40-41-42-43-44-45-48-50-52-55-58-61-64-67-70-73-85(90)97-76-82(88)77-99-104(93,94)100-78-83(89)79-101-105(95,96)102-81-84(103-87(92)75-72-69-66-63-60-57-54-51-47-33-30-27-24-21-18-15-12-9-6-3)80-98-86(91)74-71-68-65-62-59-56-53-49-46-32-29-26-23-20-17-14-11-8-5-2/h8,11,16-21,25-30,34-35,37-38,46-47,49,51,56,59,82-84,88-89H,4-7,9-10,12-15,22-24,31-33,36,39-45,48,50,52-55,57-58,60-81H2,1-3H3,(H,93,94)(H,95,96)/b11-8-,19-16-,20-17-,21-18-,28-25-,29-26-,30-27-,35-34-,38-37-,49-46-,51-47-,59-56-. The molecule has 18 heteroatoms. The van der Waals surface area contributed by atoms with E-state index in [1.54, 1.807) is 0 Å². The van der Waals surface area contributed by atoms with Crippen molar-refractivity contribution in [2.75, 3.05) is 39.6 Å². The molecule has 0 spiro atoms. The lowest BCUT2D eigenvalue weighted by atomic mass is 10.0. The van der Waals surface area contributed by atoms with Crippen molar-refractivity contribution in [3.05, 3.63) is 146 Å². The molecule has 0 aliphatic carbocycles. The molecule has 0 aliphatic rings. The van der Waals surface area contributed by atoms with Gasteiger partial charge in [0.2, 0.25) is 0 Å². The molecule has 0 rings (SSSR count). The van der Waals surface area contributed by atoms with Crippen LogP contribution in [0.5, 0.6) is 0 Å². The number of allylic oxidation sites excluding steroid dienone is 24. The van der Waals surface area contributed by atoms with Gasteiger partial charge in [0.15, 0.2) is 6.10 Å². The third kappa shape index (κ3) is 80.3. The molecule has 0 saturated heterocycles. The van der Waals surface area contributed by atoms with Gasteiger partial charge in [0.05, 0.1) is 26.4 Å². The van der Waals surface area contributed by atoms with Crippen LogP contribution in [0.2, 0.25) is 0 Å². The Bertz CT molecular complexity index is 2490. The quantitative estimate of drug-likeness (QED) is 0.0146. The topological polar surface area (TPSA) is 231 Å². The number of hydrogen-bond donors (Lipinski definition) is 4. The highest BCUT2D eigenvalue weighted by Gasteiger charge is 2.29. The van der Waals surface area contributed by atoms with Crippen LogP contribution >= 0.6 is 15.6 Å². The number of aliphatic hydroxyl groups is 2. The van der Waals surface area contributed by atoms with E-state index in [0.29, 0.717) is 19.3 Å². The van der Waals surface area contributed by atoms with Gasteiger partial charge in [0, 0.05) is 19.3 Å². The maximum atomic E-state index is 13.0. The fourth-order valence-electron chi connectivity index (χ4n) is 10.8. The van der Waals surface area contributed by atoms with Gasteiger partial charge in [-0.1, -0.05) is 308 Å². The minimum Gasteiger partial charge on any atom is -0.463 e. The van der Waals surface area contributed by atoms with Crippen LogP contribution < -0.4 is 0 Å². The van der Waals surface area contributed by atoms with Crippen molar-refractivity contribution in [2.24, 2.45) is 0 Å². The molecule has 5 atom stereocenters. The smallest absolute Gasteiger partial charge is 0.463 e. The summed E-state index contributed by atoms with van der Waals surface area (Å²) in [6.07, 6.45) is 97.5. The van der Waals surface area contributed by atoms with Crippen LogP contribution in [-0.4, -0.2) is 95.9 Å². The summed E-state index contributed by atoms with van der Waals surface area (Å²) in [5, 5.41) is 20.7. The van der Waals surface area contributed by atoms with Crippen LogP contribution in [0.1, 0.15) is 329 Å². The third-order valence-electron chi connectivity index (χ3n) is 17.0. The predicted molar refractivity (Wildman–Crippen MR) is 436 cm³/mol. The van der Waals surface area contributed by atoms with Gasteiger partial charge in [-0.05, 0) is 148 Å². The Morgan fingerprint density at radius 2 is 0.505 bits per heavy atom. The van der Waals surface area contributed by atoms with Crippen LogP contribution in [-0.2, 0) is 55.8 Å². The molecule has 16 nitrogen and oxygen atoms in total. The van der Waals surface area contributed by atoms with E-state index in [1.807, 2.05) is 0 Å². The van der Waals surface area contributed by atoms with Crippen molar-refractivity contribution < 1.29 is 75.8 Å². The highest BCUT2D eigenvalue weighted by atomic mass is 31.2. The van der Waals surface area contributed by atoms with E-state index in [-0.39, 0.29) is 19.3 Å². The second kappa shape index (κ2) is 79.0. The summed E-state index contributed by atoms with van der Waals surface area (Å²) in [5.41, 5.74) is 0. The highest BCUT2D eigenvalue weighted by Crippen LogP contribution is 2.45. The van der Waals surface area contributed by atoms with E-state index in [2.05, 4.69) is 167 Å². The van der Waals surface area contributed by atoms with E-state index < -0.39 is 91.5 Å². The lowest BCUT2D eigenvalue weighted by molar-refractivity contribution is -0.161. The number of unbranched alkanes of at least 4 members (excludes halogenated alkanes) is 30. The number of ether oxygens (including phenoxy) is 3. The molecule has 0 saturated carbocycles. The van der Waals surface area contributed by atoms with Crippen LogP contribution in [0, 0.1) is 0 Å². The van der Waals surface area contributed by atoms with E-state index in [1.165, 1.54) is 122 Å². The molecule has 0 radical (unpaired) electrons. The van der Waals surface area contributed by atoms with Gasteiger partial charge in [-0.3, -0.25) is 32.5 Å². The number of hydrogen-bond acceptors (Lipinski definition) is 14. The Kier molecular flexibility index (Phi) is 75.6. The number of rotatable bonds is 77.